The highest BCUT2D eigenvalue weighted by Gasteiger charge is 2.35. The summed E-state index contributed by atoms with van der Waals surface area (Å²) in [6.07, 6.45) is 0.115. The van der Waals surface area contributed by atoms with Gasteiger partial charge in [0.1, 0.15) is 17.4 Å². The monoisotopic (exact) mass is 764 g/mol. The molecule has 0 bridgehead atoms. The number of aromatic hydroxyl groups is 1. The minimum absolute atomic E-state index is 0.00378. The Balaban J connectivity index is 1.22. The van der Waals surface area contributed by atoms with Crippen molar-refractivity contribution < 1.29 is 32.6 Å². The molecule has 0 spiro atoms. The largest absolute Gasteiger partial charge is 0.508 e. The maximum atomic E-state index is 15.3. The molecule has 13 heteroatoms. The van der Waals surface area contributed by atoms with Crippen LogP contribution in [0.1, 0.15) is 43.1 Å². The van der Waals surface area contributed by atoms with Gasteiger partial charge in [0, 0.05) is 68.3 Å². The third kappa shape index (κ3) is 7.24. The number of phenolic OH excluding ortho intramolecular Hbond substituents is 1. The van der Waals surface area contributed by atoms with Crippen LogP contribution >= 0.6 is 0 Å². The van der Waals surface area contributed by atoms with E-state index in [1.54, 1.807) is 30.2 Å². The predicted octanol–water partition coefficient (Wildman–Crippen LogP) is 6.84. The molecule has 3 aromatic carbocycles. The van der Waals surface area contributed by atoms with Crippen LogP contribution in [0.3, 0.4) is 0 Å². The molecular formula is C43H43F3N6O4. The molecule has 1 fully saturated rings. The van der Waals surface area contributed by atoms with Crippen LogP contribution in [0.5, 0.6) is 5.75 Å². The van der Waals surface area contributed by atoms with Gasteiger partial charge in [0.15, 0.2) is 0 Å². The van der Waals surface area contributed by atoms with Crippen molar-refractivity contribution in [2.75, 3.05) is 56.2 Å². The summed E-state index contributed by atoms with van der Waals surface area (Å²) in [5.74, 6) is -0.744. The van der Waals surface area contributed by atoms with Crippen LogP contribution in [0, 0.1) is 12.7 Å². The van der Waals surface area contributed by atoms with Gasteiger partial charge < -0.3 is 24.2 Å². The van der Waals surface area contributed by atoms with Crippen molar-refractivity contribution in [3.8, 4) is 17.0 Å². The van der Waals surface area contributed by atoms with Crippen molar-refractivity contribution in [3.63, 3.8) is 0 Å². The Hall–Kier alpha value is -5.66. The van der Waals surface area contributed by atoms with Gasteiger partial charge in [-0.25, -0.2) is 18.2 Å². The lowest BCUT2D eigenvalue weighted by Crippen LogP contribution is -2.52. The molecule has 290 valence electrons. The fourth-order valence-corrected chi connectivity index (χ4v) is 8.24. The number of hydrogen-bond acceptors (Lipinski definition) is 7. The van der Waals surface area contributed by atoms with E-state index in [2.05, 4.69) is 16.0 Å². The molecule has 3 aliphatic heterocycles. The zero-order valence-corrected chi connectivity index (χ0v) is 31.3. The number of anilines is 3. The topological polar surface area (TPSA) is 94.4 Å². The first-order chi connectivity index (χ1) is 27.0. The number of fused-ring (bicyclic) bond motifs is 2. The Morgan fingerprint density at radius 2 is 1.68 bits per heavy atom. The molecule has 3 aliphatic rings. The summed E-state index contributed by atoms with van der Waals surface area (Å²) in [5.41, 5.74) is 4.68. The van der Waals surface area contributed by atoms with Crippen molar-refractivity contribution in [2.45, 2.75) is 45.3 Å². The summed E-state index contributed by atoms with van der Waals surface area (Å²) in [4.78, 5) is 41.9. The lowest BCUT2D eigenvalue weighted by molar-refractivity contribution is 0.0193. The third-order valence-corrected chi connectivity index (χ3v) is 11.2. The van der Waals surface area contributed by atoms with E-state index < -0.39 is 24.7 Å². The maximum absolute atomic E-state index is 15.3. The highest BCUT2D eigenvalue weighted by Crippen LogP contribution is 2.37. The van der Waals surface area contributed by atoms with Gasteiger partial charge in [-0.3, -0.25) is 19.4 Å². The lowest BCUT2D eigenvalue weighted by Gasteiger charge is -2.40. The Labute approximate surface area is 323 Å². The van der Waals surface area contributed by atoms with Crippen molar-refractivity contribution in [1.29, 1.82) is 0 Å². The number of alkyl halides is 2. The molecule has 10 nitrogen and oxygen atoms in total. The number of benzene rings is 3. The van der Waals surface area contributed by atoms with Gasteiger partial charge >= 0.3 is 0 Å². The molecule has 1 atom stereocenters. The molecule has 5 heterocycles. The zero-order chi connectivity index (χ0) is 39.1. The van der Waals surface area contributed by atoms with E-state index in [4.69, 9.17) is 4.74 Å². The molecule has 1 N–H and O–H groups in total. The minimum atomic E-state index is -2.82. The molecule has 56 heavy (non-hydrogen) atoms. The highest BCUT2D eigenvalue weighted by molar-refractivity contribution is 6.12. The molecule has 0 radical (unpaired) electrons. The molecule has 0 saturated carbocycles. The fraction of sp³-hybridized carbons (Fsp3) is 0.326. The van der Waals surface area contributed by atoms with E-state index in [9.17, 15) is 23.5 Å². The van der Waals surface area contributed by atoms with Gasteiger partial charge in [-0.2, -0.15) is 0 Å². The number of phenols is 1. The normalized spacial score (nSPS) is 16.9. The van der Waals surface area contributed by atoms with E-state index in [-0.39, 0.29) is 45.8 Å². The lowest BCUT2D eigenvalue weighted by atomic mass is 9.92. The third-order valence-electron chi connectivity index (χ3n) is 11.2. The van der Waals surface area contributed by atoms with E-state index in [1.165, 1.54) is 45.9 Å². The second kappa shape index (κ2) is 15.5. The summed E-state index contributed by atoms with van der Waals surface area (Å²) in [5, 5.41) is 10.1. The number of ether oxygens (including phenoxy) is 1. The summed E-state index contributed by atoms with van der Waals surface area (Å²) in [7, 11) is 1.94. The quantitative estimate of drug-likeness (QED) is 0.176. The summed E-state index contributed by atoms with van der Waals surface area (Å²) in [6.45, 7) is 5.17. The summed E-state index contributed by atoms with van der Waals surface area (Å²) >= 11 is 0. The SMILES string of the molecule is Cc1c(C(=O)N(c2ccc(O)cc2)c2cnc3c(c2)CCN3C)cc(-c2cc(F)ccc2C(=O)N2Cc3ccccc3C[C@H]2CN2CCOCC2)n1CC(F)F. The second-order valence-electron chi connectivity index (χ2n) is 14.7. The molecule has 1 saturated heterocycles. The van der Waals surface area contributed by atoms with Gasteiger partial charge in [-0.15, -0.1) is 0 Å². The number of halogens is 3. The Kier molecular flexibility index (Phi) is 10.3. The number of pyridine rings is 1. The van der Waals surface area contributed by atoms with Crippen LogP contribution in [-0.2, 0) is 30.7 Å². The summed E-state index contributed by atoms with van der Waals surface area (Å²) in [6, 6.07) is 21.0. The fourth-order valence-electron chi connectivity index (χ4n) is 8.24. The minimum Gasteiger partial charge on any atom is -0.508 e. The van der Waals surface area contributed by atoms with E-state index >= 15 is 4.39 Å². The molecule has 5 aromatic rings. The van der Waals surface area contributed by atoms with Crippen molar-refractivity contribution >= 4 is 29.0 Å². The molecule has 8 rings (SSSR count). The van der Waals surface area contributed by atoms with E-state index in [0.29, 0.717) is 44.1 Å². The van der Waals surface area contributed by atoms with Gasteiger partial charge in [0.25, 0.3) is 18.2 Å². The van der Waals surface area contributed by atoms with Crippen molar-refractivity contribution in [2.24, 2.45) is 0 Å². The predicted molar refractivity (Wildman–Crippen MR) is 207 cm³/mol. The van der Waals surface area contributed by atoms with Gasteiger partial charge in [0.05, 0.1) is 42.9 Å². The average Bonchev–Trinajstić information content (AvgIpc) is 3.73. The second-order valence-corrected chi connectivity index (χ2v) is 14.7. The number of carbonyl (C=O) groups is 2. The van der Waals surface area contributed by atoms with E-state index in [1.807, 2.05) is 36.2 Å². The van der Waals surface area contributed by atoms with E-state index in [0.717, 1.165) is 48.6 Å². The number of amides is 2. The Bertz CT molecular complexity index is 2270. The number of aromatic nitrogens is 2. The Morgan fingerprint density at radius 1 is 0.929 bits per heavy atom. The van der Waals surface area contributed by atoms with Gasteiger partial charge in [-0.1, -0.05) is 24.3 Å². The number of likely N-dealkylation sites (N-methyl/N-ethyl adjacent to an activating group) is 1. The molecular weight excluding hydrogens is 722 g/mol. The van der Waals surface area contributed by atoms with Crippen LogP contribution in [0.4, 0.5) is 30.4 Å². The number of nitrogens with zero attached hydrogens (tertiary/aromatic N) is 6. The van der Waals surface area contributed by atoms with Crippen LogP contribution in [0.25, 0.3) is 11.3 Å². The van der Waals surface area contributed by atoms with Crippen LogP contribution in [0.15, 0.2) is 85.1 Å². The maximum Gasteiger partial charge on any atom is 0.264 e. The molecule has 0 unspecified atom stereocenters. The number of hydrogen-bond donors (Lipinski definition) is 1. The standard InChI is InChI=1S/C43H43F3N6O4/c1-27-37(43(55)52(32-8-10-35(53)11-9-32)33-20-29-13-14-48(2)41(29)47-23-33)22-39(50(27)26-40(45)46)38-21-31(44)7-12-36(38)42(54)51-24-30-6-4-3-5-28(30)19-34(51)25-49-15-17-56-18-16-49/h3-12,20-23,34,40,53H,13-19,24-26H2,1-2H3/t34-/m0/s1. The first kappa shape index (κ1) is 37.3. The van der Waals surface area contributed by atoms with Crippen LogP contribution < -0.4 is 9.80 Å². The van der Waals surface area contributed by atoms with Gasteiger partial charge in [-0.05, 0) is 91.1 Å². The van der Waals surface area contributed by atoms with Crippen molar-refractivity contribution in [3.05, 3.63) is 124 Å². The highest BCUT2D eigenvalue weighted by atomic mass is 19.3. The first-order valence-electron chi connectivity index (χ1n) is 18.8. The number of morpholine rings is 1. The smallest absolute Gasteiger partial charge is 0.264 e. The van der Waals surface area contributed by atoms with Crippen LogP contribution in [-0.4, -0.2) is 95.2 Å². The molecule has 2 aromatic heterocycles. The number of rotatable bonds is 9. The van der Waals surface area contributed by atoms with Crippen LogP contribution in [0.2, 0.25) is 0 Å². The van der Waals surface area contributed by atoms with Crippen molar-refractivity contribution in [1.82, 2.24) is 19.4 Å². The molecule has 2 amide bonds. The zero-order valence-electron chi connectivity index (χ0n) is 31.3. The Morgan fingerprint density at radius 3 is 2.43 bits per heavy atom. The van der Waals surface area contributed by atoms with Gasteiger partial charge in [0.2, 0.25) is 0 Å². The average molecular weight is 765 g/mol. The number of carbonyl (C=O) groups excluding carboxylic acids is 2. The first-order valence-corrected chi connectivity index (χ1v) is 18.8. The molecule has 0 aliphatic carbocycles. The summed E-state index contributed by atoms with van der Waals surface area (Å²) < 4.78 is 51.0.